The second kappa shape index (κ2) is 5.80. The van der Waals surface area contributed by atoms with Crippen LogP contribution in [0.4, 0.5) is 5.69 Å². The average Bonchev–Trinajstić information content (AvgIpc) is 2.81. The zero-order valence-electron chi connectivity index (χ0n) is 11.3. The highest BCUT2D eigenvalue weighted by Gasteiger charge is 2.35. The van der Waals surface area contributed by atoms with Crippen molar-refractivity contribution in [1.82, 2.24) is 5.32 Å². The molecule has 19 heavy (non-hydrogen) atoms. The van der Waals surface area contributed by atoms with E-state index in [0.717, 1.165) is 19.4 Å². The molecular formula is C14H19ClN2O2. The minimum Gasteiger partial charge on any atom is -0.492 e. The van der Waals surface area contributed by atoms with Gasteiger partial charge in [0.25, 0.3) is 0 Å². The predicted octanol–water partition coefficient (Wildman–Crippen LogP) is 2.82. The Kier molecular flexibility index (Phi) is 4.32. The van der Waals surface area contributed by atoms with Crippen LogP contribution in [0.15, 0.2) is 18.2 Å². The number of halogens is 1. The molecule has 1 unspecified atom stereocenters. The summed E-state index contributed by atoms with van der Waals surface area (Å²) < 4.78 is 5.36. The van der Waals surface area contributed by atoms with Gasteiger partial charge >= 0.3 is 0 Å². The molecule has 1 aromatic rings. The summed E-state index contributed by atoms with van der Waals surface area (Å²) in [4.78, 5) is 12.2. The number of ether oxygens (including phenoxy) is 1. The van der Waals surface area contributed by atoms with E-state index >= 15 is 0 Å². The highest BCUT2D eigenvalue weighted by molar-refractivity contribution is 6.32. The zero-order chi connectivity index (χ0) is 13.9. The fourth-order valence-electron chi connectivity index (χ4n) is 2.21. The van der Waals surface area contributed by atoms with E-state index in [1.807, 2.05) is 13.8 Å². The highest BCUT2D eigenvalue weighted by Crippen LogP contribution is 2.28. The number of carbonyl (C=O) groups excluding carboxylic acids is 1. The Bertz CT molecular complexity index is 471. The van der Waals surface area contributed by atoms with Crippen LogP contribution in [0.5, 0.6) is 5.75 Å². The number of anilines is 1. The van der Waals surface area contributed by atoms with Gasteiger partial charge in [-0.25, -0.2) is 0 Å². The number of nitrogens with one attached hydrogen (secondary N) is 2. The maximum Gasteiger partial charge on any atom is 0.244 e. The van der Waals surface area contributed by atoms with Crippen LogP contribution in [-0.2, 0) is 4.79 Å². The normalized spacial score (nSPS) is 22.3. The van der Waals surface area contributed by atoms with Crippen LogP contribution in [0.1, 0.15) is 26.7 Å². The zero-order valence-corrected chi connectivity index (χ0v) is 12.0. The van der Waals surface area contributed by atoms with Crippen LogP contribution in [0, 0.1) is 0 Å². The van der Waals surface area contributed by atoms with Crippen molar-refractivity contribution in [3.05, 3.63) is 23.2 Å². The molecule has 0 saturated carbocycles. The summed E-state index contributed by atoms with van der Waals surface area (Å²) in [7, 11) is 0. The Labute approximate surface area is 118 Å². The quantitative estimate of drug-likeness (QED) is 0.893. The standard InChI is InChI=1S/C14H19ClN2O2/c1-3-19-12-6-5-10(9-11(12)15)17-13(18)14(2)7-4-8-16-14/h5-6,9,16H,3-4,7-8H2,1-2H3,(H,17,18). The van der Waals surface area contributed by atoms with Gasteiger partial charge in [0.15, 0.2) is 0 Å². The summed E-state index contributed by atoms with van der Waals surface area (Å²) in [6.45, 7) is 5.27. The molecule has 5 heteroatoms. The summed E-state index contributed by atoms with van der Waals surface area (Å²) >= 11 is 6.09. The first-order valence-electron chi connectivity index (χ1n) is 6.54. The average molecular weight is 283 g/mol. The summed E-state index contributed by atoms with van der Waals surface area (Å²) in [5.74, 6) is 0.609. The molecule has 0 radical (unpaired) electrons. The van der Waals surface area contributed by atoms with E-state index in [-0.39, 0.29) is 5.91 Å². The lowest BCUT2D eigenvalue weighted by Gasteiger charge is -2.23. The molecule has 104 valence electrons. The summed E-state index contributed by atoms with van der Waals surface area (Å²) in [5.41, 5.74) is 0.207. The van der Waals surface area contributed by atoms with Crippen molar-refractivity contribution in [3.8, 4) is 5.75 Å². The van der Waals surface area contributed by atoms with E-state index in [0.29, 0.717) is 23.1 Å². The lowest BCUT2D eigenvalue weighted by atomic mass is 9.99. The molecule has 1 aliphatic heterocycles. The predicted molar refractivity (Wildman–Crippen MR) is 76.9 cm³/mol. The number of hydrogen-bond acceptors (Lipinski definition) is 3. The van der Waals surface area contributed by atoms with Crippen molar-refractivity contribution in [2.75, 3.05) is 18.5 Å². The first kappa shape index (κ1) is 14.2. The maximum atomic E-state index is 12.2. The molecule has 0 aliphatic carbocycles. The first-order valence-corrected chi connectivity index (χ1v) is 6.92. The third-order valence-corrected chi connectivity index (χ3v) is 3.65. The van der Waals surface area contributed by atoms with E-state index in [1.165, 1.54) is 0 Å². The van der Waals surface area contributed by atoms with Gasteiger partial charge in [-0.05, 0) is 51.4 Å². The van der Waals surface area contributed by atoms with Gasteiger partial charge in [-0.1, -0.05) is 11.6 Å². The Hall–Kier alpha value is -1.26. The van der Waals surface area contributed by atoms with Gasteiger partial charge in [-0.2, -0.15) is 0 Å². The van der Waals surface area contributed by atoms with Crippen molar-refractivity contribution in [2.24, 2.45) is 0 Å². The number of amides is 1. The molecule has 1 heterocycles. The molecule has 1 saturated heterocycles. The molecule has 1 amide bonds. The molecule has 4 nitrogen and oxygen atoms in total. The monoisotopic (exact) mass is 282 g/mol. The fraction of sp³-hybridized carbons (Fsp3) is 0.500. The van der Waals surface area contributed by atoms with E-state index in [4.69, 9.17) is 16.3 Å². The Morgan fingerprint density at radius 3 is 2.95 bits per heavy atom. The van der Waals surface area contributed by atoms with Gasteiger partial charge in [0.1, 0.15) is 5.75 Å². The van der Waals surface area contributed by atoms with Crippen LogP contribution in [0.3, 0.4) is 0 Å². The van der Waals surface area contributed by atoms with Crippen LogP contribution >= 0.6 is 11.6 Å². The van der Waals surface area contributed by atoms with Gasteiger partial charge in [-0.3, -0.25) is 4.79 Å². The van der Waals surface area contributed by atoms with Crippen molar-refractivity contribution in [2.45, 2.75) is 32.2 Å². The van der Waals surface area contributed by atoms with Gasteiger partial charge in [0.2, 0.25) is 5.91 Å². The van der Waals surface area contributed by atoms with Gasteiger partial charge in [0, 0.05) is 5.69 Å². The van der Waals surface area contributed by atoms with Crippen molar-refractivity contribution in [1.29, 1.82) is 0 Å². The molecule has 1 atom stereocenters. The van der Waals surface area contributed by atoms with E-state index in [1.54, 1.807) is 18.2 Å². The first-order chi connectivity index (χ1) is 9.05. The fourth-order valence-corrected chi connectivity index (χ4v) is 2.44. The van der Waals surface area contributed by atoms with E-state index < -0.39 is 5.54 Å². The van der Waals surface area contributed by atoms with E-state index in [2.05, 4.69) is 10.6 Å². The lowest BCUT2D eigenvalue weighted by Crippen LogP contribution is -2.47. The number of hydrogen-bond donors (Lipinski definition) is 2. The van der Waals surface area contributed by atoms with Gasteiger partial charge in [0.05, 0.1) is 17.2 Å². The lowest BCUT2D eigenvalue weighted by molar-refractivity contribution is -0.121. The Morgan fingerprint density at radius 2 is 2.37 bits per heavy atom. The molecule has 1 fully saturated rings. The number of carbonyl (C=O) groups is 1. The molecule has 1 aromatic carbocycles. The molecular weight excluding hydrogens is 264 g/mol. The van der Waals surface area contributed by atoms with Crippen molar-refractivity contribution in [3.63, 3.8) is 0 Å². The minimum absolute atomic E-state index is 0.0229. The largest absolute Gasteiger partial charge is 0.492 e. The summed E-state index contributed by atoms with van der Waals surface area (Å²) in [6, 6.07) is 5.28. The number of benzene rings is 1. The molecule has 0 spiro atoms. The van der Waals surface area contributed by atoms with Gasteiger partial charge < -0.3 is 15.4 Å². The third-order valence-electron chi connectivity index (χ3n) is 3.36. The molecule has 2 rings (SSSR count). The van der Waals surface area contributed by atoms with Crippen LogP contribution in [-0.4, -0.2) is 24.6 Å². The van der Waals surface area contributed by atoms with Crippen LogP contribution in [0.25, 0.3) is 0 Å². The van der Waals surface area contributed by atoms with Crippen LogP contribution in [0.2, 0.25) is 5.02 Å². The summed E-state index contributed by atoms with van der Waals surface area (Å²) in [5, 5.41) is 6.63. The third kappa shape index (κ3) is 3.19. The SMILES string of the molecule is CCOc1ccc(NC(=O)C2(C)CCCN2)cc1Cl. The van der Waals surface area contributed by atoms with Crippen molar-refractivity contribution < 1.29 is 9.53 Å². The maximum absolute atomic E-state index is 12.2. The van der Waals surface area contributed by atoms with E-state index in [9.17, 15) is 4.79 Å². The van der Waals surface area contributed by atoms with Crippen LogP contribution < -0.4 is 15.4 Å². The Balaban J connectivity index is 2.07. The Morgan fingerprint density at radius 1 is 1.58 bits per heavy atom. The molecule has 0 bridgehead atoms. The second-order valence-electron chi connectivity index (χ2n) is 4.89. The highest BCUT2D eigenvalue weighted by atomic mass is 35.5. The number of rotatable bonds is 4. The summed E-state index contributed by atoms with van der Waals surface area (Å²) in [6.07, 6.45) is 1.87. The minimum atomic E-state index is -0.481. The molecule has 2 N–H and O–H groups in total. The topological polar surface area (TPSA) is 50.4 Å². The van der Waals surface area contributed by atoms with Gasteiger partial charge in [-0.15, -0.1) is 0 Å². The smallest absolute Gasteiger partial charge is 0.244 e. The second-order valence-corrected chi connectivity index (χ2v) is 5.30. The van der Waals surface area contributed by atoms with Crippen molar-refractivity contribution >= 4 is 23.2 Å². The molecule has 0 aromatic heterocycles. The molecule has 1 aliphatic rings.